The fraction of sp³-hybridized carbons (Fsp3) is 0.579. The predicted octanol–water partition coefficient (Wildman–Crippen LogP) is 4.40. The highest BCUT2D eigenvalue weighted by Gasteiger charge is 2.46. The van der Waals surface area contributed by atoms with Crippen molar-refractivity contribution in [2.24, 2.45) is 11.8 Å². The molecule has 1 aromatic rings. The first kappa shape index (κ1) is 12.6. The van der Waals surface area contributed by atoms with Crippen molar-refractivity contribution in [3.63, 3.8) is 0 Å². The van der Waals surface area contributed by atoms with Crippen molar-refractivity contribution in [3.8, 4) is 0 Å². The molecule has 1 heterocycles. The Labute approximate surface area is 122 Å². The third-order valence-corrected chi connectivity index (χ3v) is 5.57. The lowest BCUT2D eigenvalue weighted by Gasteiger charge is -2.28. The zero-order valence-corrected chi connectivity index (χ0v) is 12.4. The molecule has 1 heteroatoms. The van der Waals surface area contributed by atoms with Gasteiger partial charge in [-0.1, -0.05) is 54.3 Å². The molecule has 0 bridgehead atoms. The Hall–Kier alpha value is -1.08. The lowest BCUT2D eigenvalue weighted by molar-refractivity contribution is 0.247. The van der Waals surface area contributed by atoms with Gasteiger partial charge >= 0.3 is 0 Å². The molecule has 2 atom stereocenters. The molecule has 3 fully saturated rings. The number of likely N-dealkylation sites (tertiary alicyclic amines) is 1. The van der Waals surface area contributed by atoms with Crippen molar-refractivity contribution in [2.75, 3.05) is 13.1 Å². The lowest BCUT2D eigenvalue weighted by atomic mass is 10.0. The highest BCUT2D eigenvalue weighted by molar-refractivity contribution is 5.36. The molecule has 2 aliphatic carbocycles. The zero-order valence-electron chi connectivity index (χ0n) is 12.4. The Balaban J connectivity index is 1.36. The summed E-state index contributed by atoms with van der Waals surface area (Å²) in [6, 6.07) is 10.9. The van der Waals surface area contributed by atoms with Crippen LogP contribution in [-0.4, -0.2) is 18.0 Å². The van der Waals surface area contributed by atoms with Crippen LogP contribution in [0.3, 0.4) is 0 Å². The molecule has 0 radical (unpaired) electrons. The molecule has 0 aromatic heterocycles. The maximum absolute atomic E-state index is 2.63. The monoisotopic (exact) mass is 267 g/mol. The smallest absolute Gasteiger partial charge is 0.0233 e. The average molecular weight is 267 g/mol. The van der Waals surface area contributed by atoms with Crippen LogP contribution in [0.15, 0.2) is 41.5 Å². The van der Waals surface area contributed by atoms with E-state index in [9.17, 15) is 0 Å². The van der Waals surface area contributed by atoms with E-state index >= 15 is 0 Å². The summed E-state index contributed by atoms with van der Waals surface area (Å²) in [5, 5.41) is 0. The third-order valence-electron chi connectivity index (χ3n) is 5.57. The normalized spacial score (nSPS) is 30.2. The van der Waals surface area contributed by atoms with Gasteiger partial charge in [-0.15, -0.1) is 0 Å². The van der Waals surface area contributed by atoms with Gasteiger partial charge in [-0.05, 0) is 43.1 Å². The molecule has 3 aliphatic rings. The van der Waals surface area contributed by atoms with Gasteiger partial charge in [0.25, 0.3) is 0 Å². The van der Waals surface area contributed by atoms with Gasteiger partial charge in [0.1, 0.15) is 0 Å². The van der Waals surface area contributed by atoms with E-state index in [4.69, 9.17) is 0 Å². The second-order valence-corrected chi connectivity index (χ2v) is 6.82. The van der Waals surface area contributed by atoms with E-state index in [0.29, 0.717) is 0 Å². The van der Waals surface area contributed by atoms with E-state index in [2.05, 4.69) is 35.2 Å². The van der Waals surface area contributed by atoms with E-state index in [0.717, 1.165) is 18.4 Å². The SMILES string of the molecule is c1ccc(CN2CCC(=C3C4CCCCC34)CC2)cc1. The van der Waals surface area contributed by atoms with E-state index in [-0.39, 0.29) is 0 Å². The van der Waals surface area contributed by atoms with Gasteiger partial charge in [-0.2, -0.15) is 0 Å². The minimum absolute atomic E-state index is 1.03. The van der Waals surface area contributed by atoms with Gasteiger partial charge < -0.3 is 0 Å². The van der Waals surface area contributed by atoms with Gasteiger partial charge in [0, 0.05) is 19.6 Å². The molecule has 1 aromatic carbocycles. The first-order valence-electron chi connectivity index (χ1n) is 8.40. The maximum atomic E-state index is 2.63. The quantitative estimate of drug-likeness (QED) is 0.718. The van der Waals surface area contributed by atoms with Crippen molar-refractivity contribution < 1.29 is 0 Å². The van der Waals surface area contributed by atoms with Gasteiger partial charge in [0.2, 0.25) is 0 Å². The summed E-state index contributed by atoms with van der Waals surface area (Å²) < 4.78 is 0. The van der Waals surface area contributed by atoms with Crippen LogP contribution in [0, 0.1) is 11.8 Å². The van der Waals surface area contributed by atoms with E-state index in [1.165, 1.54) is 57.2 Å². The Morgan fingerprint density at radius 1 is 0.900 bits per heavy atom. The molecule has 2 saturated carbocycles. The standard InChI is InChI=1S/C19H25N/c1-2-6-15(7-3-1)14-20-12-10-16(11-13-20)19-17-8-4-5-9-18(17)19/h1-3,6-7,17-18H,4-5,8-14H2. The molecule has 106 valence electrons. The van der Waals surface area contributed by atoms with Crippen molar-refractivity contribution in [1.29, 1.82) is 0 Å². The third kappa shape index (κ3) is 2.44. The van der Waals surface area contributed by atoms with Crippen molar-refractivity contribution in [3.05, 3.63) is 47.0 Å². The number of hydrogen-bond donors (Lipinski definition) is 0. The summed E-state index contributed by atoms with van der Waals surface area (Å²) in [4.78, 5) is 2.63. The highest BCUT2D eigenvalue weighted by atomic mass is 15.1. The Morgan fingerprint density at radius 2 is 1.55 bits per heavy atom. The Bertz CT molecular complexity index is 478. The number of benzene rings is 1. The fourth-order valence-electron chi connectivity index (χ4n) is 4.46. The van der Waals surface area contributed by atoms with Crippen LogP contribution in [0.5, 0.6) is 0 Å². The van der Waals surface area contributed by atoms with E-state index < -0.39 is 0 Å². The largest absolute Gasteiger partial charge is 0.298 e. The van der Waals surface area contributed by atoms with Crippen LogP contribution >= 0.6 is 0 Å². The Morgan fingerprint density at radius 3 is 2.20 bits per heavy atom. The molecule has 1 aliphatic heterocycles. The van der Waals surface area contributed by atoms with Gasteiger partial charge in [-0.25, -0.2) is 0 Å². The molecule has 0 amide bonds. The summed E-state index contributed by atoms with van der Waals surface area (Å²) in [6.45, 7) is 3.68. The molecule has 4 rings (SSSR count). The van der Waals surface area contributed by atoms with Crippen LogP contribution in [0.25, 0.3) is 0 Å². The molecule has 1 nitrogen and oxygen atoms in total. The van der Waals surface area contributed by atoms with Crippen LogP contribution in [-0.2, 0) is 6.54 Å². The number of hydrogen-bond acceptors (Lipinski definition) is 1. The summed E-state index contributed by atoms with van der Waals surface area (Å²) >= 11 is 0. The van der Waals surface area contributed by atoms with Crippen molar-refractivity contribution in [1.82, 2.24) is 4.90 Å². The van der Waals surface area contributed by atoms with Gasteiger partial charge in [-0.3, -0.25) is 4.90 Å². The van der Waals surface area contributed by atoms with Crippen LogP contribution < -0.4 is 0 Å². The van der Waals surface area contributed by atoms with E-state index in [1.807, 2.05) is 11.1 Å². The molecule has 0 N–H and O–H groups in total. The summed E-state index contributed by atoms with van der Waals surface area (Å²) in [5.41, 5.74) is 5.23. The molecule has 2 unspecified atom stereocenters. The minimum Gasteiger partial charge on any atom is -0.298 e. The summed E-state index contributed by atoms with van der Waals surface area (Å²) in [6.07, 6.45) is 8.65. The van der Waals surface area contributed by atoms with E-state index in [1.54, 1.807) is 0 Å². The second kappa shape index (κ2) is 5.37. The number of allylic oxidation sites excluding steroid dienone is 1. The van der Waals surface area contributed by atoms with Crippen LogP contribution in [0.2, 0.25) is 0 Å². The average Bonchev–Trinajstić information content (AvgIpc) is 3.24. The number of fused-ring (bicyclic) bond motifs is 1. The lowest BCUT2D eigenvalue weighted by Crippen LogP contribution is -2.30. The van der Waals surface area contributed by atoms with Crippen LogP contribution in [0.4, 0.5) is 0 Å². The first-order chi connectivity index (χ1) is 9.92. The number of nitrogens with zero attached hydrogens (tertiary/aromatic N) is 1. The van der Waals surface area contributed by atoms with Crippen molar-refractivity contribution >= 4 is 0 Å². The predicted molar refractivity (Wildman–Crippen MR) is 83.4 cm³/mol. The Kier molecular flexibility index (Phi) is 3.39. The molecule has 20 heavy (non-hydrogen) atoms. The first-order valence-corrected chi connectivity index (χ1v) is 8.40. The number of rotatable bonds is 2. The second-order valence-electron chi connectivity index (χ2n) is 6.82. The topological polar surface area (TPSA) is 3.24 Å². The summed E-state index contributed by atoms with van der Waals surface area (Å²) in [5.74, 6) is 2.05. The zero-order chi connectivity index (χ0) is 13.4. The minimum atomic E-state index is 1.03. The molecular weight excluding hydrogens is 242 g/mol. The maximum Gasteiger partial charge on any atom is 0.0233 e. The molecule has 0 spiro atoms. The van der Waals surface area contributed by atoms with Crippen LogP contribution in [0.1, 0.15) is 44.1 Å². The van der Waals surface area contributed by atoms with Crippen molar-refractivity contribution in [2.45, 2.75) is 45.1 Å². The summed E-state index contributed by atoms with van der Waals surface area (Å²) in [7, 11) is 0. The van der Waals surface area contributed by atoms with Gasteiger partial charge in [0.05, 0.1) is 0 Å². The fourth-order valence-corrected chi connectivity index (χ4v) is 4.46. The van der Waals surface area contributed by atoms with Gasteiger partial charge in [0.15, 0.2) is 0 Å². The molecule has 1 saturated heterocycles. The highest BCUT2D eigenvalue weighted by Crippen LogP contribution is 2.57. The number of piperidine rings is 1. The molecular formula is C19H25N.